The van der Waals surface area contributed by atoms with E-state index in [0.29, 0.717) is 13.0 Å². The molecule has 2 heterocycles. The van der Waals surface area contributed by atoms with E-state index in [1.807, 2.05) is 6.92 Å². The Morgan fingerprint density at radius 3 is 2.74 bits per heavy atom. The summed E-state index contributed by atoms with van der Waals surface area (Å²) in [4.78, 5) is 35.9. The summed E-state index contributed by atoms with van der Waals surface area (Å²) in [5.74, 6) is -1.82. The van der Waals surface area contributed by atoms with Crippen molar-refractivity contribution in [3.05, 3.63) is 28.0 Å². The molecule has 8 nitrogen and oxygen atoms in total. The lowest BCUT2D eigenvalue weighted by Crippen LogP contribution is -2.44. The Balaban J connectivity index is 1.86. The third-order valence-corrected chi connectivity index (χ3v) is 4.81. The number of carbonyl (C=O) groups is 2. The average Bonchev–Trinajstić information content (AvgIpc) is 3.25. The lowest BCUT2D eigenvalue weighted by molar-refractivity contribution is -0.402. The SMILES string of the molecule is CCCCCCC(F)C(=O)N[C@@H]1CN(C(=O)c2ccc([N+](=O)[O-])o2)C[C@H]1C. The summed E-state index contributed by atoms with van der Waals surface area (Å²) in [6.45, 7) is 4.49. The maximum atomic E-state index is 14.0. The Bertz CT molecular complexity index is 678. The van der Waals surface area contributed by atoms with Crippen LogP contribution in [0.15, 0.2) is 16.5 Å². The number of likely N-dealkylation sites (tertiary alicyclic amines) is 1. The van der Waals surface area contributed by atoms with E-state index in [4.69, 9.17) is 4.42 Å². The van der Waals surface area contributed by atoms with Crippen LogP contribution in [0.2, 0.25) is 0 Å². The van der Waals surface area contributed by atoms with Crippen LogP contribution >= 0.6 is 0 Å². The molecule has 1 fully saturated rings. The molecule has 1 aliphatic heterocycles. The van der Waals surface area contributed by atoms with Gasteiger partial charge >= 0.3 is 5.88 Å². The summed E-state index contributed by atoms with van der Waals surface area (Å²) in [7, 11) is 0. The van der Waals surface area contributed by atoms with E-state index in [2.05, 4.69) is 12.2 Å². The van der Waals surface area contributed by atoms with E-state index in [1.165, 1.54) is 11.0 Å². The molecule has 1 aromatic rings. The van der Waals surface area contributed by atoms with Gasteiger partial charge in [0.1, 0.15) is 4.92 Å². The number of unbranched alkanes of at least 4 members (excludes halogenated alkanes) is 3. The number of hydrogen-bond acceptors (Lipinski definition) is 5. The first-order valence-corrected chi connectivity index (χ1v) is 9.31. The first-order chi connectivity index (χ1) is 12.8. The second kappa shape index (κ2) is 9.48. The summed E-state index contributed by atoms with van der Waals surface area (Å²) < 4.78 is 19.0. The van der Waals surface area contributed by atoms with Crippen molar-refractivity contribution in [2.75, 3.05) is 13.1 Å². The average molecular weight is 383 g/mol. The molecule has 9 heteroatoms. The molecule has 0 aliphatic carbocycles. The standard InChI is InChI=1S/C18H26FN3O5/c1-3-4-5-6-7-13(19)17(23)20-14-11-21(10-12(14)2)18(24)15-8-9-16(27-15)22(25)26/h8-9,12-14H,3-7,10-11H2,1-2H3,(H,20,23)/t12-,13?,14-/m1/s1. The van der Waals surface area contributed by atoms with Crippen molar-refractivity contribution in [1.29, 1.82) is 0 Å². The third-order valence-electron chi connectivity index (χ3n) is 4.81. The largest absolute Gasteiger partial charge is 0.433 e. The van der Waals surface area contributed by atoms with Crippen molar-refractivity contribution in [2.24, 2.45) is 5.92 Å². The zero-order valence-electron chi connectivity index (χ0n) is 15.7. The van der Waals surface area contributed by atoms with Gasteiger partial charge < -0.3 is 14.6 Å². The lowest BCUT2D eigenvalue weighted by atomic mass is 10.1. The van der Waals surface area contributed by atoms with Gasteiger partial charge in [-0.15, -0.1) is 0 Å². The van der Waals surface area contributed by atoms with Crippen LogP contribution in [0.5, 0.6) is 0 Å². The molecule has 2 amide bonds. The maximum Gasteiger partial charge on any atom is 0.433 e. The highest BCUT2D eigenvalue weighted by Crippen LogP contribution is 2.22. The molecular formula is C18H26FN3O5. The molecule has 0 spiro atoms. The molecule has 1 saturated heterocycles. The Labute approximate surface area is 157 Å². The summed E-state index contributed by atoms with van der Waals surface area (Å²) in [6.07, 6.45) is 2.30. The predicted octanol–water partition coefficient (Wildman–Crippen LogP) is 3.07. The van der Waals surface area contributed by atoms with Gasteiger partial charge in [-0.25, -0.2) is 4.39 Å². The third kappa shape index (κ3) is 5.51. The van der Waals surface area contributed by atoms with Gasteiger partial charge in [0, 0.05) is 13.1 Å². The quantitative estimate of drug-likeness (QED) is 0.401. The number of furan rings is 1. The Morgan fingerprint density at radius 1 is 1.37 bits per heavy atom. The van der Waals surface area contributed by atoms with Crippen molar-refractivity contribution in [2.45, 2.75) is 58.2 Å². The first-order valence-electron chi connectivity index (χ1n) is 9.31. The first kappa shape index (κ1) is 20.9. The number of amides is 2. The van der Waals surface area contributed by atoms with Gasteiger partial charge in [0.15, 0.2) is 11.9 Å². The molecule has 1 N–H and O–H groups in total. The number of halogens is 1. The van der Waals surface area contributed by atoms with Crippen LogP contribution in [0.3, 0.4) is 0 Å². The van der Waals surface area contributed by atoms with Crippen LogP contribution in [-0.4, -0.2) is 46.9 Å². The smallest absolute Gasteiger partial charge is 0.395 e. The second-order valence-electron chi connectivity index (χ2n) is 7.01. The van der Waals surface area contributed by atoms with Gasteiger partial charge in [0.25, 0.3) is 11.8 Å². The van der Waals surface area contributed by atoms with Crippen molar-refractivity contribution in [3.8, 4) is 0 Å². The van der Waals surface area contributed by atoms with Crippen LogP contribution < -0.4 is 5.32 Å². The normalized spacial score (nSPS) is 20.5. The molecule has 2 rings (SSSR count). The highest BCUT2D eigenvalue weighted by Gasteiger charge is 2.36. The zero-order chi connectivity index (χ0) is 20.0. The fraction of sp³-hybridized carbons (Fsp3) is 0.667. The number of hydrogen-bond donors (Lipinski definition) is 1. The topological polar surface area (TPSA) is 106 Å². The van der Waals surface area contributed by atoms with E-state index >= 15 is 0 Å². The number of nitrogens with zero attached hydrogens (tertiary/aromatic N) is 2. The molecule has 0 radical (unpaired) electrons. The second-order valence-corrected chi connectivity index (χ2v) is 7.01. The monoisotopic (exact) mass is 383 g/mol. The van der Waals surface area contributed by atoms with Gasteiger partial charge in [-0.2, -0.15) is 0 Å². The highest BCUT2D eigenvalue weighted by molar-refractivity contribution is 5.92. The zero-order valence-corrected chi connectivity index (χ0v) is 15.7. The van der Waals surface area contributed by atoms with Gasteiger partial charge in [-0.1, -0.05) is 39.5 Å². The summed E-state index contributed by atoms with van der Waals surface area (Å²) in [6, 6.07) is 2.02. The predicted molar refractivity (Wildman–Crippen MR) is 96.0 cm³/mol. The van der Waals surface area contributed by atoms with Crippen LogP contribution in [0.25, 0.3) is 0 Å². The lowest BCUT2D eigenvalue weighted by Gasteiger charge is -2.18. The molecule has 150 valence electrons. The molecule has 1 aliphatic rings. The Kier molecular flexibility index (Phi) is 7.32. The molecular weight excluding hydrogens is 357 g/mol. The van der Waals surface area contributed by atoms with E-state index in [0.717, 1.165) is 25.3 Å². The molecule has 0 saturated carbocycles. The van der Waals surface area contributed by atoms with E-state index < -0.39 is 28.8 Å². The van der Waals surface area contributed by atoms with Crippen LogP contribution in [0.4, 0.5) is 10.3 Å². The van der Waals surface area contributed by atoms with E-state index in [1.54, 1.807) is 0 Å². The molecule has 0 bridgehead atoms. The summed E-state index contributed by atoms with van der Waals surface area (Å²) >= 11 is 0. The van der Waals surface area contributed by atoms with Gasteiger partial charge in [0.05, 0.1) is 12.1 Å². The minimum atomic E-state index is -1.55. The molecule has 1 aromatic heterocycles. The summed E-state index contributed by atoms with van der Waals surface area (Å²) in [5.41, 5.74) is 0. The fourth-order valence-corrected chi connectivity index (χ4v) is 3.17. The Morgan fingerprint density at radius 2 is 2.11 bits per heavy atom. The van der Waals surface area contributed by atoms with Crippen LogP contribution in [0, 0.1) is 16.0 Å². The number of carbonyl (C=O) groups excluding carboxylic acids is 2. The Hall–Kier alpha value is -2.45. The van der Waals surface area contributed by atoms with Crippen LogP contribution in [0.1, 0.15) is 56.5 Å². The van der Waals surface area contributed by atoms with Crippen molar-refractivity contribution in [1.82, 2.24) is 10.2 Å². The minimum Gasteiger partial charge on any atom is -0.395 e. The molecule has 0 aromatic carbocycles. The maximum absolute atomic E-state index is 14.0. The number of nitro groups is 1. The van der Waals surface area contributed by atoms with Gasteiger partial charge in [-0.05, 0) is 18.4 Å². The number of rotatable bonds is 9. The molecule has 3 atom stereocenters. The number of nitrogens with one attached hydrogen (secondary N) is 1. The summed E-state index contributed by atoms with van der Waals surface area (Å²) in [5, 5.41) is 13.3. The van der Waals surface area contributed by atoms with Crippen molar-refractivity contribution >= 4 is 17.7 Å². The van der Waals surface area contributed by atoms with E-state index in [-0.39, 0.29) is 30.7 Å². The van der Waals surface area contributed by atoms with Gasteiger partial charge in [-0.3, -0.25) is 19.7 Å². The molecule has 1 unspecified atom stereocenters. The van der Waals surface area contributed by atoms with E-state index in [9.17, 15) is 24.1 Å². The minimum absolute atomic E-state index is 0.0601. The number of alkyl halides is 1. The fourth-order valence-electron chi connectivity index (χ4n) is 3.17. The molecule has 27 heavy (non-hydrogen) atoms. The van der Waals surface area contributed by atoms with Crippen molar-refractivity contribution in [3.63, 3.8) is 0 Å². The van der Waals surface area contributed by atoms with Gasteiger partial charge in [0.2, 0.25) is 0 Å². The van der Waals surface area contributed by atoms with Crippen molar-refractivity contribution < 1.29 is 23.3 Å². The van der Waals surface area contributed by atoms with Crippen LogP contribution in [-0.2, 0) is 4.79 Å². The highest BCUT2D eigenvalue weighted by atomic mass is 19.1.